The van der Waals surface area contributed by atoms with Gasteiger partial charge in [0.05, 0.1) is 17.6 Å². The molecule has 0 spiro atoms. The number of pyridine rings is 1. The quantitative estimate of drug-likeness (QED) is 0.112. The third-order valence-electron chi connectivity index (χ3n) is 6.44. The molecule has 2 aromatic heterocycles. The van der Waals surface area contributed by atoms with E-state index in [-0.39, 0.29) is 18.0 Å². The Morgan fingerprint density at radius 2 is 1.82 bits per heavy atom. The molecule has 4 aromatic rings. The van der Waals surface area contributed by atoms with Gasteiger partial charge in [0.25, 0.3) is 0 Å². The Kier molecular flexibility index (Phi) is 9.42. The minimum atomic E-state index is -4.82. The number of aryl methyl sites for hydroxylation is 2. The number of fused-ring (bicyclic) bond motifs is 3. The highest BCUT2D eigenvalue weighted by Crippen LogP contribution is 2.41. The minimum absolute atomic E-state index is 0.0215. The maximum Gasteiger partial charge on any atom is 0.524 e. The number of unbranched alkanes of at least 4 members (excludes halogenated alkanes) is 1. The number of rotatable bonds is 14. The van der Waals surface area contributed by atoms with Crippen LogP contribution in [0.3, 0.4) is 0 Å². The molecule has 2 heterocycles. The van der Waals surface area contributed by atoms with Crippen molar-refractivity contribution in [2.24, 2.45) is 5.73 Å². The van der Waals surface area contributed by atoms with Crippen molar-refractivity contribution in [3.05, 3.63) is 53.3 Å². The van der Waals surface area contributed by atoms with E-state index in [2.05, 4.69) is 18.0 Å². The largest absolute Gasteiger partial charge is 0.524 e. The molecule has 0 aliphatic carbocycles. The Bertz CT molecular complexity index is 1490. The molecular weight excluding hydrogens is 521 g/mol. The van der Waals surface area contributed by atoms with Crippen molar-refractivity contribution in [2.45, 2.75) is 52.0 Å². The molecule has 39 heavy (non-hydrogen) atoms. The Hall–Kier alpha value is -3.21. The number of aromatic nitrogens is 3. The smallest absolute Gasteiger partial charge is 0.508 e. The Labute approximate surface area is 227 Å². The highest BCUT2D eigenvalue weighted by molar-refractivity contribution is 7.46. The number of anilines is 1. The van der Waals surface area contributed by atoms with Gasteiger partial charge in [-0.05, 0) is 62.1 Å². The summed E-state index contributed by atoms with van der Waals surface area (Å²) in [5.41, 5.74) is 15.5. The maximum atomic E-state index is 11.6. The molecule has 2 aromatic carbocycles. The van der Waals surface area contributed by atoms with Crippen molar-refractivity contribution in [1.29, 1.82) is 0 Å². The molecular formula is C27H36N5O6P. The lowest BCUT2D eigenvalue weighted by atomic mass is 10.1. The van der Waals surface area contributed by atoms with Crippen LogP contribution in [0, 0.1) is 0 Å². The summed E-state index contributed by atoms with van der Waals surface area (Å²) in [5, 5.41) is 11.0. The number of hydrogen-bond acceptors (Lipinski definition) is 8. The number of aromatic hydroxyl groups is 1. The average molecular weight is 558 g/mol. The number of imidazole rings is 1. The van der Waals surface area contributed by atoms with E-state index in [0.717, 1.165) is 59.9 Å². The summed E-state index contributed by atoms with van der Waals surface area (Å²) < 4.78 is 24.1. The second kappa shape index (κ2) is 12.8. The monoisotopic (exact) mass is 557 g/mol. The Morgan fingerprint density at radius 3 is 2.56 bits per heavy atom. The lowest BCUT2D eigenvalue weighted by Gasteiger charge is -2.16. The number of phenols is 1. The number of nitrogens with zero attached hydrogens (tertiary/aromatic N) is 3. The van der Waals surface area contributed by atoms with Gasteiger partial charge in [0.2, 0.25) is 0 Å². The maximum absolute atomic E-state index is 11.6. The third-order valence-corrected chi connectivity index (χ3v) is 6.87. The van der Waals surface area contributed by atoms with Crippen LogP contribution in [0.25, 0.3) is 21.9 Å². The van der Waals surface area contributed by atoms with Gasteiger partial charge in [-0.1, -0.05) is 25.5 Å². The van der Waals surface area contributed by atoms with Crippen molar-refractivity contribution in [2.75, 3.05) is 25.5 Å². The first-order chi connectivity index (χ1) is 18.7. The minimum Gasteiger partial charge on any atom is -0.508 e. The number of benzene rings is 2. The fraction of sp³-hybridized carbons (Fsp3) is 0.407. The second-order valence-electron chi connectivity index (χ2n) is 9.50. The Balaban J connectivity index is 1.75. The van der Waals surface area contributed by atoms with Gasteiger partial charge < -0.3 is 30.4 Å². The molecule has 0 aliphatic rings. The van der Waals surface area contributed by atoms with E-state index in [1.807, 2.05) is 16.7 Å². The molecule has 0 atom stereocenters. The van der Waals surface area contributed by atoms with E-state index in [9.17, 15) is 19.5 Å². The van der Waals surface area contributed by atoms with Crippen molar-refractivity contribution >= 4 is 35.6 Å². The van der Waals surface area contributed by atoms with E-state index in [4.69, 9.17) is 25.7 Å². The number of nitrogen functional groups attached to an aromatic ring is 1. The standard InChI is InChI=1S/C27H36N5O6P/c1-2-3-7-24-31-25-26(32(24)17-19-16-20(33)9-11-23(19)38-39(34,35)36)21-10-8-18(15-22(21)30-27(25)29)6-4-13-37-14-5-12-28/h8-11,15-16,33H,2-7,12-14,17,28H2,1H3,(H2,29,30)(H2,34,35,36). The number of phenolic OH excluding ortho intramolecular Hbond substituents is 1. The third kappa shape index (κ3) is 7.26. The second-order valence-corrected chi connectivity index (χ2v) is 10.7. The molecule has 11 nitrogen and oxygen atoms in total. The van der Waals surface area contributed by atoms with Crippen LogP contribution in [-0.2, 0) is 28.7 Å². The first-order valence-electron chi connectivity index (χ1n) is 13.1. The summed E-state index contributed by atoms with van der Waals surface area (Å²) in [6.45, 7) is 4.17. The zero-order chi connectivity index (χ0) is 28.0. The fourth-order valence-electron chi connectivity index (χ4n) is 4.60. The molecule has 0 aliphatic heterocycles. The molecule has 4 rings (SSSR count). The van der Waals surface area contributed by atoms with Gasteiger partial charge >= 0.3 is 7.82 Å². The molecule has 12 heteroatoms. The summed E-state index contributed by atoms with van der Waals surface area (Å²) in [6, 6.07) is 10.2. The number of hydrogen-bond donors (Lipinski definition) is 5. The zero-order valence-corrected chi connectivity index (χ0v) is 22.9. The first kappa shape index (κ1) is 28.8. The van der Waals surface area contributed by atoms with Crippen molar-refractivity contribution in [3.8, 4) is 11.5 Å². The van der Waals surface area contributed by atoms with Crippen LogP contribution in [0.2, 0.25) is 0 Å². The van der Waals surface area contributed by atoms with Crippen LogP contribution < -0.4 is 16.0 Å². The number of ether oxygens (including phenoxy) is 1. The van der Waals surface area contributed by atoms with Gasteiger partial charge in [0, 0.05) is 30.6 Å². The predicted molar refractivity (Wildman–Crippen MR) is 151 cm³/mol. The average Bonchev–Trinajstić information content (AvgIpc) is 3.24. The molecule has 0 saturated heterocycles. The number of nitrogens with two attached hydrogens (primary N) is 2. The van der Waals surface area contributed by atoms with Gasteiger partial charge in [0.15, 0.2) is 5.82 Å². The number of phosphoric acid groups is 1. The van der Waals surface area contributed by atoms with Crippen LogP contribution in [0.15, 0.2) is 36.4 Å². The molecule has 0 radical (unpaired) electrons. The zero-order valence-electron chi connectivity index (χ0n) is 22.0. The van der Waals surface area contributed by atoms with Gasteiger partial charge in [-0.15, -0.1) is 0 Å². The van der Waals surface area contributed by atoms with Gasteiger partial charge in [0.1, 0.15) is 22.8 Å². The van der Waals surface area contributed by atoms with Crippen LogP contribution >= 0.6 is 7.82 Å². The predicted octanol–water partition coefficient (Wildman–Crippen LogP) is 4.03. The van der Waals surface area contributed by atoms with Gasteiger partial charge in [-0.25, -0.2) is 14.5 Å². The normalized spacial score (nSPS) is 12.0. The molecule has 0 fully saturated rings. The summed E-state index contributed by atoms with van der Waals surface area (Å²) in [7, 11) is -4.82. The van der Waals surface area contributed by atoms with Crippen LogP contribution in [-0.4, -0.2) is 49.2 Å². The summed E-state index contributed by atoms with van der Waals surface area (Å²) in [6.07, 6.45) is 5.05. The number of phosphoric ester groups is 1. The van der Waals surface area contributed by atoms with E-state index in [0.29, 0.717) is 43.1 Å². The molecule has 0 amide bonds. The topological polar surface area (TPSA) is 179 Å². The van der Waals surface area contributed by atoms with Crippen LogP contribution in [0.4, 0.5) is 5.82 Å². The van der Waals surface area contributed by atoms with Gasteiger partial charge in [-0.2, -0.15) is 0 Å². The van der Waals surface area contributed by atoms with Crippen molar-refractivity contribution in [1.82, 2.24) is 14.5 Å². The lowest BCUT2D eigenvalue weighted by molar-refractivity contribution is 0.131. The van der Waals surface area contributed by atoms with Crippen molar-refractivity contribution in [3.63, 3.8) is 0 Å². The summed E-state index contributed by atoms with van der Waals surface area (Å²) in [5.74, 6) is 0.993. The lowest BCUT2D eigenvalue weighted by Crippen LogP contribution is -2.07. The van der Waals surface area contributed by atoms with E-state index in [1.54, 1.807) is 0 Å². The molecule has 7 N–H and O–H groups in total. The first-order valence-corrected chi connectivity index (χ1v) is 14.6. The van der Waals surface area contributed by atoms with Gasteiger partial charge in [-0.3, -0.25) is 9.79 Å². The fourth-order valence-corrected chi connectivity index (χ4v) is 5.03. The highest BCUT2D eigenvalue weighted by Gasteiger charge is 2.22. The van der Waals surface area contributed by atoms with E-state index >= 15 is 0 Å². The Morgan fingerprint density at radius 1 is 1.03 bits per heavy atom. The van der Waals surface area contributed by atoms with E-state index in [1.165, 1.54) is 18.2 Å². The SMILES string of the molecule is CCCCc1nc2c(N)nc3cc(CCCOCCCN)ccc3c2n1Cc1cc(O)ccc1OP(=O)(O)O. The highest BCUT2D eigenvalue weighted by atomic mass is 31.2. The van der Waals surface area contributed by atoms with Crippen molar-refractivity contribution < 1.29 is 28.7 Å². The summed E-state index contributed by atoms with van der Waals surface area (Å²) in [4.78, 5) is 28.3. The molecule has 0 saturated carbocycles. The molecule has 0 unspecified atom stereocenters. The molecule has 0 bridgehead atoms. The molecule has 210 valence electrons. The summed E-state index contributed by atoms with van der Waals surface area (Å²) >= 11 is 0. The van der Waals surface area contributed by atoms with E-state index < -0.39 is 7.82 Å². The van der Waals surface area contributed by atoms with Crippen LogP contribution in [0.5, 0.6) is 11.5 Å². The van der Waals surface area contributed by atoms with Crippen LogP contribution in [0.1, 0.15) is 49.6 Å².